The van der Waals surface area contributed by atoms with E-state index in [4.69, 9.17) is 10.5 Å². The van der Waals surface area contributed by atoms with Gasteiger partial charge in [0.2, 0.25) is 5.91 Å². The summed E-state index contributed by atoms with van der Waals surface area (Å²) >= 11 is 0. The molecule has 0 bridgehead atoms. The molecule has 33 heavy (non-hydrogen) atoms. The molecule has 0 aliphatic carbocycles. The number of carbonyl (C=O) groups is 2. The van der Waals surface area contributed by atoms with Crippen molar-refractivity contribution < 1.29 is 27.5 Å². The second kappa shape index (κ2) is 11.7. The number of ether oxygens (including phenoxy) is 1. The molecule has 2 aromatic carbocycles. The van der Waals surface area contributed by atoms with Crippen LogP contribution < -0.4 is 11.1 Å². The topological polar surface area (TPSA) is 84.7 Å². The van der Waals surface area contributed by atoms with E-state index < -0.39 is 29.6 Å². The summed E-state index contributed by atoms with van der Waals surface area (Å²) < 4.78 is 45.5. The number of nitrogens with zero attached hydrogens (tertiary/aromatic N) is 1. The Kier molecular flexibility index (Phi) is 8.71. The summed E-state index contributed by atoms with van der Waals surface area (Å²) in [4.78, 5) is 25.9. The summed E-state index contributed by atoms with van der Waals surface area (Å²) in [5, 5.41) is 2.57. The first-order chi connectivity index (χ1) is 15.8. The first kappa shape index (κ1) is 24.6. The predicted octanol–water partition coefficient (Wildman–Crippen LogP) is 3.53. The number of rotatable bonds is 8. The van der Waals surface area contributed by atoms with Crippen molar-refractivity contribution >= 4 is 12.0 Å². The Morgan fingerprint density at radius 3 is 2.42 bits per heavy atom. The molecule has 3 rings (SSSR count). The number of hydrogen-bond donors (Lipinski definition) is 2. The highest BCUT2D eigenvalue weighted by Crippen LogP contribution is 2.24. The van der Waals surface area contributed by atoms with E-state index in [0.29, 0.717) is 32.0 Å². The number of benzene rings is 2. The molecule has 6 nitrogen and oxygen atoms in total. The Morgan fingerprint density at radius 2 is 1.73 bits per heavy atom. The molecule has 0 spiro atoms. The summed E-state index contributed by atoms with van der Waals surface area (Å²) in [5.74, 6) is -3.19. The molecular weight excluding hydrogens is 435 g/mol. The minimum Gasteiger partial charge on any atom is -0.445 e. The van der Waals surface area contributed by atoms with E-state index in [1.54, 1.807) is 4.90 Å². The van der Waals surface area contributed by atoms with E-state index in [0.717, 1.165) is 11.6 Å². The summed E-state index contributed by atoms with van der Waals surface area (Å²) in [6.07, 6.45) is 0.921. The smallest absolute Gasteiger partial charge is 0.407 e. The van der Waals surface area contributed by atoms with Gasteiger partial charge in [-0.1, -0.05) is 30.3 Å². The Morgan fingerprint density at radius 1 is 1.06 bits per heavy atom. The standard InChI is InChI=1S/C24H28F3N3O3/c25-19-14-21(27)20(26)12-18(19)13-22(28)17-7-10-30(11-8-17)23(31)6-9-29-24(32)33-15-16-4-2-1-3-5-16/h1-5,12,14,17,22H,6-11,13,15,28H2,(H,29,32)/t22-/m1/s1. The Labute approximate surface area is 190 Å². The van der Waals surface area contributed by atoms with E-state index >= 15 is 0 Å². The van der Waals surface area contributed by atoms with Crippen LogP contribution in [-0.2, 0) is 22.6 Å². The quantitative estimate of drug-likeness (QED) is 0.587. The van der Waals surface area contributed by atoms with Gasteiger partial charge in [-0.15, -0.1) is 0 Å². The van der Waals surface area contributed by atoms with Gasteiger partial charge in [0.25, 0.3) is 0 Å². The van der Waals surface area contributed by atoms with Gasteiger partial charge in [0.1, 0.15) is 12.4 Å². The molecule has 2 aromatic rings. The zero-order chi connectivity index (χ0) is 23.8. The van der Waals surface area contributed by atoms with E-state index in [2.05, 4.69) is 5.32 Å². The van der Waals surface area contributed by atoms with Crippen molar-refractivity contribution in [3.8, 4) is 0 Å². The SMILES string of the molecule is N[C@H](Cc1cc(F)c(F)cc1F)C1CCN(C(=O)CCNC(=O)OCc2ccccc2)CC1. The largest absolute Gasteiger partial charge is 0.445 e. The van der Waals surface area contributed by atoms with Crippen LogP contribution in [0, 0.1) is 23.4 Å². The van der Waals surface area contributed by atoms with E-state index in [9.17, 15) is 22.8 Å². The number of nitrogens with two attached hydrogens (primary N) is 1. The fourth-order valence-electron chi connectivity index (χ4n) is 3.92. The number of amides is 2. The molecule has 1 aliphatic rings. The van der Waals surface area contributed by atoms with Gasteiger partial charge in [-0.3, -0.25) is 4.79 Å². The number of carbonyl (C=O) groups excluding carboxylic acids is 2. The van der Waals surface area contributed by atoms with Crippen LogP contribution >= 0.6 is 0 Å². The van der Waals surface area contributed by atoms with Gasteiger partial charge < -0.3 is 20.7 Å². The predicted molar refractivity (Wildman–Crippen MR) is 117 cm³/mol. The van der Waals surface area contributed by atoms with Crippen molar-refractivity contribution in [2.24, 2.45) is 11.7 Å². The molecule has 0 radical (unpaired) electrons. The third kappa shape index (κ3) is 7.21. The molecule has 1 heterocycles. The zero-order valence-corrected chi connectivity index (χ0v) is 18.2. The van der Waals surface area contributed by atoms with Crippen LogP contribution in [0.5, 0.6) is 0 Å². The molecule has 0 aromatic heterocycles. The normalized spacial score (nSPS) is 15.2. The van der Waals surface area contributed by atoms with Crippen LogP contribution in [-0.4, -0.2) is 42.6 Å². The van der Waals surface area contributed by atoms with Gasteiger partial charge in [-0.25, -0.2) is 18.0 Å². The van der Waals surface area contributed by atoms with E-state index in [1.165, 1.54) is 0 Å². The van der Waals surface area contributed by atoms with Gasteiger partial charge in [-0.05, 0) is 42.4 Å². The molecule has 1 aliphatic heterocycles. The van der Waals surface area contributed by atoms with Crippen LogP contribution in [0.4, 0.5) is 18.0 Å². The molecule has 0 unspecified atom stereocenters. The van der Waals surface area contributed by atoms with Crippen LogP contribution in [0.3, 0.4) is 0 Å². The van der Waals surface area contributed by atoms with Gasteiger partial charge in [-0.2, -0.15) is 0 Å². The molecule has 178 valence electrons. The van der Waals surface area contributed by atoms with Gasteiger partial charge >= 0.3 is 6.09 Å². The lowest BCUT2D eigenvalue weighted by Gasteiger charge is -2.35. The van der Waals surface area contributed by atoms with Crippen LogP contribution in [0.15, 0.2) is 42.5 Å². The summed E-state index contributed by atoms with van der Waals surface area (Å²) in [5.41, 5.74) is 7.11. The first-order valence-corrected chi connectivity index (χ1v) is 10.9. The average Bonchev–Trinajstić information content (AvgIpc) is 2.82. The molecular formula is C24H28F3N3O3. The second-order valence-electron chi connectivity index (χ2n) is 8.18. The fraction of sp³-hybridized carbons (Fsp3) is 0.417. The van der Waals surface area contributed by atoms with Gasteiger partial charge in [0.15, 0.2) is 11.6 Å². The van der Waals surface area contributed by atoms with Crippen LogP contribution in [0.1, 0.15) is 30.4 Å². The Balaban J connectivity index is 1.35. The molecule has 2 amide bonds. The van der Waals surface area contributed by atoms with Gasteiger partial charge in [0.05, 0.1) is 0 Å². The zero-order valence-electron chi connectivity index (χ0n) is 18.2. The van der Waals surface area contributed by atoms with Crippen molar-refractivity contribution in [1.29, 1.82) is 0 Å². The fourth-order valence-corrected chi connectivity index (χ4v) is 3.92. The number of likely N-dealkylation sites (tertiary alicyclic amines) is 1. The summed E-state index contributed by atoms with van der Waals surface area (Å²) in [6.45, 7) is 1.32. The molecule has 1 atom stereocenters. The molecule has 0 saturated carbocycles. The lowest BCUT2D eigenvalue weighted by molar-refractivity contribution is -0.132. The summed E-state index contributed by atoms with van der Waals surface area (Å²) in [6, 6.07) is 10.2. The van der Waals surface area contributed by atoms with E-state index in [-0.39, 0.29) is 43.4 Å². The second-order valence-corrected chi connectivity index (χ2v) is 8.18. The number of alkyl carbamates (subject to hydrolysis) is 1. The van der Waals surface area contributed by atoms with Crippen LogP contribution in [0.25, 0.3) is 0 Å². The first-order valence-electron chi connectivity index (χ1n) is 10.9. The maximum Gasteiger partial charge on any atom is 0.407 e. The van der Waals surface area contributed by atoms with Crippen molar-refractivity contribution in [3.63, 3.8) is 0 Å². The number of halogens is 3. The summed E-state index contributed by atoms with van der Waals surface area (Å²) in [7, 11) is 0. The third-order valence-electron chi connectivity index (χ3n) is 5.86. The average molecular weight is 464 g/mol. The lowest BCUT2D eigenvalue weighted by Crippen LogP contribution is -2.44. The highest BCUT2D eigenvalue weighted by atomic mass is 19.2. The van der Waals surface area contributed by atoms with E-state index in [1.807, 2.05) is 30.3 Å². The monoisotopic (exact) mass is 463 g/mol. The minimum atomic E-state index is -1.23. The van der Waals surface area contributed by atoms with Crippen molar-refractivity contribution in [2.75, 3.05) is 19.6 Å². The Hall–Kier alpha value is -3.07. The Bertz CT molecular complexity index is 951. The highest BCUT2D eigenvalue weighted by Gasteiger charge is 2.27. The van der Waals surface area contributed by atoms with Crippen molar-refractivity contribution in [1.82, 2.24) is 10.2 Å². The van der Waals surface area contributed by atoms with Gasteiger partial charge in [0, 0.05) is 38.2 Å². The number of piperidine rings is 1. The molecule has 1 saturated heterocycles. The molecule has 3 N–H and O–H groups in total. The third-order valence-corrected chi connectivity index (χ3v) is 5.86. The van der Waals surface area contributed by atoms with Crippen molar-refractivity contribution in [3.05, 3.63) is 71.0 Å². The number of nitrogens with one attached hydrogen (secondary N) is 1. The highest BCUT2D eigenvalue weighted by molar-refractivity contribution is 5.77. The number of hydrogen-bond acceptors (Lipinski definition) is 4. The maximum atomic E-state index is 13.9. The lowest BCUT2D eigenvalue weighted by atomic mass is 9.86. The molecule has 1 fully saturated rings. The van der Waals surface area contributed by atoms with Crippen LogP contribution in [0.2, 0.25) is 0 Å². The minimum absolute atomic E-state index is 0.0349. The van der Waals surface area contributed by atoms with Crippen molar-refractivity contribution in [2.45, 2.75) is 38.3 Å². The maximum absolute atomic E-state index is 13.9. The molecule has 9 heteroatoms.